The number of carbonyl (C=O) groups excluding carboxylic acids is 1. The van der Waals surface area contributed by atoms with Crippen molar-refractivity contribution in [3.8, 4) is 0 Å². The minimum absolute atomic E-state index is 0. The second-order valence-electron chi connectivity index (χ2n) is 6.46. The Morgan fingerprint density at radius 2 is 1.83 bits per heavy atom. The largest absolute Gasteiger partial charge is 0.416 e. The molecule has 0 radical (unpaired) electrons. The molecule has 24 heavy (non-hydrogen) atoms. The number of alkyl halides is 3. The summed E-state index contributed by atoms with van der Waals surface area (Å²) in [4.78, 5) is 14.3. The molecule has 1 heterocycles. The van der Waals surface area contributed by atoms with Crippen molar-refractivity contribution in [1.82, 2.24) is 10.2 Å². The van der Waals surface area contributed by atoms with Gasteiger partial charge in [-0.25, -0.2) is 0 Å². The first-order chi connectivity index (χ1) is 10.9. The zero-order chi connectivity index (χ0) is 16.6. The highest BCUT2D eigenvalue weighted by Crippen LogP contribution is 2.51. The van der Waals surface area contributed by atoms with Gasteiger partial charge in [0, 0.05) is 19.0 Å². The Balaban J connectivity index is 0.00000208. The zero-order valence-electron chi connectivity index (χ0n) is 13.5. The maximum Gasteiger partial charge on any atom is 0.416 e. The van der Waals surface area contributed by atoms with Crippen LogP contribution in [0.5, 0.6) is 0 Å². The molecular weight excluding hydrogens is 341 g/mol. The molecule has 0 aromatic heterocycles. The Morgan fingerprint density at radius 1 is 1.21 bits per heavy atom. The predicted octanol–water partition coefficient (Wildman–Crippen LogP) is 3.44. The van der Waals surface area contributed by atoms with Gasteiger partial charge in [0.05, 0.1) is 5.56 Å². The molecule has 0 bridgehead atoms. The number of halogens is 4. The summed E-state index contributed by atoms with van der Waals surface area (Å²) in [5, 5.41) is 3.25. The van der Waals surface area contributed by atoms with E-state index in [2.05, 4.69) is 5.32 Å². The highest BCUT2D eigenvalue weighted by Gasteiger charge is 2.49. The van der Waals surface area contributed by atoms with E-state index >= 15 is 0 Å². The van der Waals surface area contributed by atoms with E-state index in [1.165, 1.54) is 12.1 Å². The van der Waals surface area contributed by atoms with E-state index in [-0.39, 0.29) is 41.8 Å². The van der Waals surface area contributed by atoms with E-state index in [1.54, 1.807) is 18.0 Å². The fourth-order valence-electron chi connectivity index (χ4n) is 3.53. The van der Waals surface area contributed by atoms with Crippen molar-refractivity contribution in [3.63, 3.8) is 0 Å². The fraction of sp³-hybridized carbons (Fsp3) is 0.588. The number of amides is 1. The number of benzene rings is 1. The Morgan fingerprint density at radius 3 is 2.46 bits per heavy atom. The van der Waals surface area contributed by atoms with Crippen LogP contribution in [0.1, 0.15) is 36.3 Å². The Kier molecular flexibility index (Phi) is 5.81. The molecule has 1 N–H and O–H groups in total. The lowest BCUT2D eigenvalue weighted by Crippen LogP contribution is -2.44. The normalized spacial score (nSPS) is 24.2. The lowest BCUT2D eigenvalue weighted by Gasteiger charge is -2.32. The molecular formula is C17H22ClF3N2O. The number of nitrogens with one attached hydrogen (secondary N) is 1. The van der Waals surface area contributed by atoms with Gasteiger partial charge in [0.15, 0.2) is 0 Å². The highest BCUT2D eigenvalue weighted by molar-refractivity contribution is 5.85. The van der Waals surface area contributed by atoms with Gasteiger partial charge in [0.1, 0.15) is 0 Å². The minimum Gasteiger partial charge on any atom is -0.342 e. The van der Waals surface area contributed by atoms with Gasteiger partial charge in [-0.1, -0.05) is 18.2 Å². The smallest absolute Gasteiger partial charge is 0.342 e. The van der Waals surface area contributed by atoms with Crippen molar-refractivity contribution in [3.05, 3.63) is 35.4 Å². The molecule has 1 aromatic rings. The molecule has 1 aliphatic carbocycles. The van der Waals surface area contributed by atoms with Crippen molar-refractivity contribution in [1.29, 1.82) is 0 Å². The van der Waals surface area contributed by atoms with Crippen LogP contribution in [0.3, 0.4) is 0 Å². The van der Waals surface area contributed by atoms with Crippen LogP contribution < -0.4 is 5.32 Å². The maximum atomic E-state index is 13.1. The van der Waals surface area contributed by atoms with Crippen molar-refractivity contribution < 1.29 is 18.0 Å². The van der Waals surface area contributed by atoms with Crippen LogP contribution in [0, 0.1) is 5.92 Å². The molecule has 134 valence electrons. The number of hydrogen-bond donors (Lipinski definition) is 1. The fourth-order valence-corrected chi connectivity index (χ4v) is 3.53. The van der Waals surface area contributed by atoms with Gasteiger partial charge in [-0.2, -0.15) is 13.2 Å². The van der Waals surface area contributed by atoms with Crippen molar-refractivity contribution >= 4 is 18.3 Å². The molecule has 2 unspecified atom stereocenters. The minimum atomic E-state index is -4.37. The van der Waals surface area contributed by atoms with Crippen molar-refractivity contribution in [2.75, 3.05) is 20.1 Å². The predicted molar refractivity (Wildman–Crippen MR) is 88.2 cm³/mol. The molecule has 0 spiro atoms. The standard InChI is InChI=1S/C17H21F3N2O.ClH/c1-22(11-6-8-21-9-7-11)16(23)14-10-13(14)12-4-2-3-5-15(12)17(18,19)20;/h2-5,11,13-14,21H,6-10H2,1H3;1H. The molecule has 1 aromatic carbocycles. The maximum absolute atomic E-state index is 13.1. The second kappa shape index (κ2) is 7.31. The summed E-state index contributed by atoms with van der Waals surface area (Å²) in [6.07, 6.45) is -2.05. The number of hydrogen-bond acceptors (Lipinski definition) is 2. The third kappa shape index (κ3) is 3.86. The number of carbonyl (C=O) groups is 1. The molecule has 2 fully saturated rings. The summed E-state index contributed by atoms with van der Waals surface area (Å²) in [6.45, 7) is 1.76. The summed E-state index contributed by atoms with van der Waals surface area (Å²) in [5.74, 6) is -0.623. The summed E-state index contributed by atoms with van der Waals surface area (Å²) in [5.41, 5.74) is -0.345. The first kappa shape index (κ1) is 19.1. The quantitative estimate of drug-likeness (QED) is 0.893. The van der Waals surface area contributed by atoms with E-state index in [1.807, 2.05) is 0 Å². The molecule has 1 aliphatic heterocycles. The average Bonchev–Trinajstić information content (AvgIpc) is 3.34. The zero-order valence-corrected chi connectivity index (χ0v) is 14.3. The van der Waals surface area contributed by atoms with Gasteiger partial charge in [-0.05, 0) is 49.9 Å². The third-order valence-electron chi connectivity index (χ3n) is 4.98. The monoisotopic (exact) mass is 362 g/mol. The van der Waals surface area contributed by atoms with Crippen LogP contribution in [0.25, 0.3) is 0 Å². The molecule has 7 heteroatoms. The van der Waals surface area contributed by atoms with Gasteiger partial charge < -0.3 is 10.2 Å². The van der Waals surface area contributed by atoms with Gasteiger partial charge in [0.25, 0.3) is 0 Å². The van der Waals surface area contributed by atoms with E-state index in [4.69, 9.17) is 0 Å². The van der Waals surface area contributed by atoms with Crippen LogP contribution in [-0.4, -0.2) is 37.0 Å². The molecule has 1 amide bonds. The highest BCUT2D eigenvalue weighted by atomic mass is 35.5. The van der Waals surface area contributed by atoms with Crippen LogP contribution in [0.4, 0.5) is 13.2 Å². The van der Waals surface area contributed by atoms with Gasteiger partial charge >= 0.3 is 6.18 Å². The van der Waals surface area contributed by atoms with Crippen LogP contribution >= 0.6 is 12.4 Å². The number of rotatable bonds is 3. The van der Waals surface area contributed by atoms with Gasteiger partial charge in [0.2, 0.25) is 5.91 Å². The molecule has 3 nitrogen and oxygen atoms in total. The summed E-state index contributed by atoms with van der Waals surface area (Å²) in [7, 11) is 1.78. The van der Waals surface area contributed by atoms with Gasteiger partial charge in [-0.15, -0.1) is 12.4 Å². The number of piperidine rings is 1. The molecule has 2 atom stereocenters. The summed E-state index contributed by atoms with van der Waals surface area (Å²) >= 11 is 0. The van der Waals surface area contributed by atoms with Crippen LogP contribution in [-0.2, 0) is 11.0 Å². The van der Waals surface area contributed by atoms with Crippen LogP contribution in [0.2, 0.25) is 0 Å². The first-order valence-electron chi connectivity index (χ1n) is 8.03. The molecule has 1 saturated heterocycles. The molecule has 1 saturated carbocycles. The van der Waals surface area contributed by atoms with E-state index in [0.717, 1.165) is 32.0 Å². The van der Waals surface area contributed by atoms with Gasteiger partial charge in [-0.3, -0.25) is 4.79 Å². The first-order valence-corrected chi connectivity index (χ1v) is 8.03. The average molecular weight is 363 g/mol. The molecule has 2 aliphatic rings. The Labute approximate surface area is 146 Å². The lowest BCUT2D eigenvalue weighted by molar-refractivity contribution is -0.139. The summed E-state index contributed by atoms with van der Waals surface area (Å²) < 4.78 is 39.3. The number of nitrogens with zero attached hydrogens (tertiary/aromatic N) is 1. The topological polar surface area (TPSA) is 32.3 Å². The van der Waals surface area contributed by atoms with Crippen LogP contribution in [0.15, 0.2) is 24.3 Å². The molecule has 3 rings (SSSR count). The SMILES string of the molecule is CN(C(=O)C1CC1c1ccccc1C(F)(F)F)C1CCNCC1.Cl. The summed E-state index contributed by atoms with van der Waals surface area (Å²) in [6, 6.07) is 5.81. The van der Waals surface area contributed by atoms with Crippen molar-refractivity contribution in [2.45, 2.75) is 37.4 Å². The van der Waals surface area contributed by atoms with E-state index in [9.17, 15) is 18.0 Å². The lowest BCUT2D eigenvalue weighted by atomic mass is 10.0. The van der Waals surface area contributed by atoms with E-state index in [0.29, 0.717) is 6.42 Å². The Bertz CT molecular complexity index is 587. The second-order valence-corrected chi connectivity index (χ2v) is 6.46. The van der Waals surface area contributed by atoms with E-state index < -0.39 is 11.7 Å². The third-order valence-corrected chi connectivity index (χ3v) is 4.98. The van der Waals surface area contributed by atoms with Crippen molar-refractivity contribution in [2.24, 2.45) is 5.92 Å². The Hall–Kier alpha value is -1.27.